The van der Waals surface area contributed by atoms with Gasteiger partial charge in [-0.3, -0.25) is 0 Å². The van der Waals surface area contributed by atoms with Gasteiger partial charge in [0.1, 0.15) is 11.9 Å². The number of carbonyl (C=O) groups excluding carboxylic acids is 1. The van der Waals surface area contributed by atoms with Gasteiger partial charge in [-0.1, -0.05) is 6.07 Å². The highest BCUT2D eigenvalue weighted by Crippen LogP contribution is 2.11. The van der Waals surface area contributed by atoms with Crippen LogP contribution >= 0.6 is 0 Å². The third-order valence-corrected chi connectivity index (χ3v) is 2.12. The van der Waals surface area contributed by atoms with E-state index in [9.17, 15) is 9.18 Å². The molecule has 0 saturated carbocycles. The zero-order valence-corrected chi connectivity index (χ0v) is 9.62. The normalized spacial score (nSPS) is 12.2. The molecule has 1 atom stereocenters. The molecule has 1 aromatic carbocycles. The number of methoxy groups -OCH3 is 1. The van der Waals surface area contributed by atoms with Crippen LogP contribution in [0.2, 0.25) is 0 Å². The Bertz CT molecular complexity index is 377. The quantitative estimate of drug-likeness (QED) is 0.739. The summed E-state index contributed by atoms with van der Waals surface area (Å²) in [5, 5.41) is 0. The van der Waals surface area contributed by atoms with E-state index in [1.807, 2.05) is 0 Å². The summed E-state index contributed by atoms with van der Waals surface area (Å²) < 4.78 is 23.1. The lowest BCUT2D eigenvalue weighted by Gasteiger charge is -2.12. The molecule has 0 aliphatic carbocycles. The van der Waals surface area contributed by atoms with Gasteiger partial charge in [0.05, 0.1) is 12.2 Å². The molecule has 0 aromatic heterocycles. The molecule has 0 radical (unpaired) electrons. The van der Waals surface area contributed by atoms with Crippen LogP contribution in [0.1, 0.15) is 22.8 Å². The molecule has 3 nitrogen and oxygen atoms in total. The largest absolute Gasteiger partial charge is 0.457 e. The molecule has 0 N–H and O–H groups in total. The predicted octanol–water partition coefficient (Wildman–Crippen LogP) is 2.33. The van der Waals surface area contributed by atoms with Crippen molar-refractivity contribution in [3.05, 3.63) is 35.1 Å². The number of benzene rings is 1. The van der Waals surface area contributed by atoms with Crippen molar-refractivity contribution in [1.82, 2.24) is 0 Å². The molecule has 1 aromatic rings. The highest BCUT2D eigenvalue weighted by atomic mass is 19.1. The van der Waals surface area contributed by atoms with Gasteiger partial charge in [-0.2, -0.15) is 0 Å². The molecule has 88 valence electrons. The maximum Gasteiger partial charge on any atom is 0.338 e. The second kappa shape index (κ2) is 5.61. The molecule has 0 aliphatic heterocycles. The Morgan fingerprint density at radius 1 is 1.50 bits per heavy atom. The monoisotopic (exact) mass is 226 g/mol. The van der Waals surface area contributed by atoms with Crippen LogP contribution in [-0.4, -0.2) is 25.8 Å². The molecule has 0 spiro atoms. The Hall–Kier alpha value is -1.42. The van der Waals surface area contributed by atoms with Crippen LogP contribution in [0.25, 0.3) is 0 Å². The average Bonchev–Trinajstić information content (AvgIpc) is 2.22. The number of ether oxygens (including phenoxy) is 2. The second-order valence-electron chi connectivity index (χ2n) is 3.64. The van der Waals surface area contributed by atoms with Crippen molar-refractivity contribution in [2.75, 3.05) is 13.7 Å². The Morgan fingerprint density at radius 2 is 2.19 bits per heavy atom. The van der Waals surface area contributed by atoms with Crippen molar-refractivity contribution in [2.24, 2.45) is 0 Å². The number of halogens is 1. The van der Waals surface area contributed by atoms with Gasteiger partial charge in [-0.15, -0.1) is 0 Å². The average molecular weight is 226 g/mol. The van der Waals surface area contributed by atoms with Crippen LogP contribution < -0.4 is 0 Å². The maximum atomic E-state index is 13.2. The topological polar surface area (TPSA) is 35.5 Å². The fourth-order valence-electron chi connectivity index (χ4n) is 1.24. The number of hydrogen-bond donors (Lipinski definition) is 0. The number of esters is 1. The van der Waals surface area contributed by atoms with Gasteiger partial charge in [0.25, 0.3) is 0 Å². The molecule has 16 heavy (non-hydrogen) atoms. The number of carbonyl (C=O) groups is 1. The fraction of sp³-hybridized carbons (Fsp3) is 0.417. The lowest BCUT2D eigenvalue weighted by Crippen LogP contribution is -2.19. The molecular formula is C12H15FO3. The van der Waals surface area contributed by atoms with E-state index >= 15 is 0 Å². The first-order chi connectivity index (χ1) is 7.54. The molecule has 1 rings (SSSR count). The zero-order chi connectivity index (χ0) is 12.1. The molecule has 0 saturated heterocycles. The third kappa shape index (κ3) is 3.31. The minimum absolute atomic E-state index is 0.214. The van der Waals surface area contributed by atoms with E-state index in [2.05, 4.69) is 0 Å². The van der Waals surface area contributed by atoms with Crippen LogP contribution in [-0.2, 0) is 9.47 Å². The SMILES string of the molecule is COC[C@@H](C)OC(=O)c1ccc(C)c(F)c1. The van der Waals surface area contributed by atoms with Gasteiger partial charge in [0, 0.05) is 7.11 Å². The second-order valence-corrected chi connectivity index (χ2v) is 3.64. The summed E-state index contributed by atoms with van der Waals surface area (Å²) in [6.45, 7) is 3.67. The van der Waals surface area contributed by atoms with Gasteiger partial charge in [0.2, 0.25) is 0 Å². The van der Waals surface area contributed by atoms with E-state index in [0.29, 0.717) is 12.2 Å². The predicted molar refractivity (Wildman–Crippen MR) is 57.9 cm³/mol. The van der Waals surface area contributed by atoms with E-state index in [0.717, 1.165) is 0 Å². The minimum Gasteiger partial charge on any atom is -0.457 e. The van der Waals surface area contributed by atoms with Crippen LogP contribution in [0, 0.1) is 12.7 Å². The summed E-state index contributed by atoms with van der Waals surface area (Å²) in [6, 6.07) is 4.27. The molecule has 0 bridgehead atoms. The van der Waals surface area contributed by atoms with E-state index < -0.39 is 11.8 Å². The molecule has 0 unspecified atom stereocenters. The van der Waals surface area contributed by atoms with Crippen molar-refractivity contribution in [2.45, 2.75) is 20.0 Å². The summed E-state index contributed by atoms with van der Waals surface area (Å²) in [6.07, 6.45) is -0.345. The van der Waals surface area contributed by atoms with Crippen LogP contribution in [0.5, 0.6) is 0 Å². The summed E-state index contributed by atoms with van der Waals surface area (Å²) in [4.78, 5) is 11.5. The minimum atomic E-state index is -0.538. The van der Waals surface area contributed by atoms with Gasteiger partial charge in [0.15, 0.2) is 0 Å². The van der Waals surface area contributed by atoms with Gasteiger partial charge < -0.3 is 9.47 Å². The molecular weight excluding hydrogens is 211 g/mol. The van der Waals surface area contributed by atoms with Gasteiger partial charge >= 0.3 is 5.97 Å². The number of hydrogen-bond acceptors (Lipinski definition) is 3. The summed E-state index contributed by atoms with van der Waals surface area (Å²) in [5.41, 5.74) is 0.715. The molecule has 0 amide bonds. The molecule has 0 fully saturated rings. The van der Waals surface area contributed by atoms with E-state index in [4.69, 9.17) is 9.47 Å². The van der Waals surface area contributed by atoms with Gasteiger partial charge in [-0.25, -0.2) is 9.18 Å². The Kier molecular flexibility index (Phi) is 4.43. The van der Waals surface area contributed by atoms with Crippen LogP contribution in [0.4, 0.5) is 4.39 Å². The fourth-order valence-corrected chi connectivity index (χ4v) is 1.24. The first-order valence-corrected chi connectivity index (χ1v) is 5.00. The van der Waals surface area contributed by atoms with Crippen molar-refractivity contribution in [3.8, 4) is 0 Å². The highest BCUT2D eigenvalue weighted by molar-refractivity contribution is 5.89. The summed E-state index contributed by atoms with van der Waals surface area (Å²) in [7, 11) is 1.52. The third-order valence-electron chi connectivity index (χ3n) is 2.12. The van der Waals surface area contributed by atoms with Crippen LogP contribution in [0.15, 0.2) is 18.2 Å². The summed E-state index contributed by atoms with van der Waals surface area (Å²) >= 11 is 0. The first kappa shape index (κ1) is 12.6. The zero-order valence-electron chi connectivity index (χ0n) is 9.62. The lowest BCUT2D eigenvalue weighted by molar-refractivity contribution is 0.0120. The maximum absolute atomic E-state index is 13.2. The van der Waals surface area contributed by atoms with Crippen molar-refractivity contribution >= 4 is 5.97 Å². The molecule has 0 aliphatic rings. The Morgan fingerprint density at radius 3 is 2.75 bits per heavy atom. The molecule has 4 heteroatoms. The van der Waals surface area contributed by atoms with Crippen molar-refractivity contribution in [1.29, 1.82) is 0 Å². The summed E-state index contributed by atoms with van der Waals surface area (Å²) in [5.74, 6) is -0.947. The lowest BCUT2D eigenvalue weighted by atomic mass is 10.1. The number of aryl methyl sites for hydroxylation is 1. The van der Waals surface area contributed by atoms with E-state index in [1.54, 1.807) is 26.0 Å². The van der Waals surface area contributed by atoms with Crippen LogP contribution in [0.3, 0.4) is 0 Å². The van der Waals surface area contributed by atoms with Gasteiger partial charge in [-0.05, 0) is 31.5 Å². The van der Waals surface area contributed by atoms with E-state index in [-0.39, 0.29) is 11.7 Å². The highest BCUT2D eigenvalue weighted by Gasteiger charge is 2.13. The Balaban J connectivity index is 2.69. The van der Waals surface area contributed by atoms with Crippen molar-refractivity contribution in [3.63, 3.8) is 0 Å². The standard InChI is InChI=1S/C12H15FO3/c1-8-4-5-10(6-11(8)13)12(14)16-9(2)7-15-3/h4-6,9H,7H2,1-3H3/t9-/m1/s1. The van der Waals surface area contributed by atoms with Crippen molar-refractivity contribution < 1.29 is 18.7 Å². The number of rotatable bonds is 4. The smallest absolute Gasteiger partial charge is 0.338 e. The molecule has 0 heterocycles. The Labute approximate surface area is 94.2 Å². The van der Waals surface area contributed by atoms with E-state index in [1.165, 1.54) is 13.2 Å². The first-order valence-electron chi connectivity index (χ1n) is 5.00.